The third-order valence-electron chi connectivity index (χ3n) is 3.59. The number of alkyl halides is 5. The van der Waals surface area contributed by atoms with Gasteiger partial charge in [-0.2, -0.15) is 22.0 Å². The van der Waals surface area contributed by atoms with E-state index in [1.807, 2.05) is 0 Å². The lowest BCUT2D eigenvalue weighted by Crippen LogP contribution is -2.40. The van der Waals surface area contributed by atoms with Crippen molar-refractivity contribution in [2.45, 2.75) is 50.2 Å². The fraction of sp³-hybridized carbons (Fsp3) is 0.625. The molecule has 0 aliphatic carbocycles. The molecule has 0 aliphatic heterocycles. The molecule has 1 atom stereocenters. The summed E-state index contributed by atoms with van der Waals surface area (Å²) in [5.41, 5.74) is 6.11. The molecule has 0 heterocycles. The van der Waals surface area contributed by atoms with Crippen LogP contribution in [-0.2, 0) is 6.42 Å². The molecule has 8 heteroatoms. The van der Waals surface area contributed by atoms with Crippen LogP contribution < -0.4 is 10.5 Å². The molecule has 24 heavy (non-hydrogen) atoms. The second-order valence-corrected chi connectivity index (χ2v) is 6.11. The van der Waals surface area contributed by atoms with Gasteiger partial charge in [0.15, 0.2) is 0 Å². The lowest BCUT2D eigenvalue weighted by atomic mass is 9.95. The predicted octanol–water partition coefficient (Wildman–Crippen LogP) is 3.69. The molecule has 0 aliphatic rings. The number of hydrogen-bond donors (Lipinski definition) is 2. The Kier molecular flexibility index (Phi) is 6.97. The molecule has 0 spiro atoms. The van der Waals surface area contributed by atoms with Crippen LogP contribution >= 0.6 is 0 Å². The Bertz CT molecular complexity index is 500. The number of nitrogens with two attached hydrogens (primary N) is 1. The summed E-state index contributed by atoms with van der Waals surface area (Å²) in [4.78, 5) is 0. The van der Waals surface area contributed by atoms with Crippen LogP contribution in [0, 0.1) is 0 Å². The lowest BCUT2D eigenvalue weighted by Gasteiger charge is -2.21. The zero-order valence-corrected chi connectivity index (χ0v) is 13.4. The number of benzene rings is 1. The summed E-state index contributed by atoms with van der Waals surface area (Å²) >= 11 is 0. The van der Waals surface area contributed by atoms with Crippen molar-refractivity contribution in [1.29, 1.82) is 0 Å². The van der Waals surface area contributed by atoms with E-state index in [1.54, 1.807) is 31.2 Å². The number of rotatable bonds is 9. The maximum atomic E-state index is 12.7. The quantitative estimate of drug-likeness (QED) is 0.525. The molecule has 0 amide bonds. The van der Waals surface area contributed by atoms with Gasteiger partial charge in [0.1, 0.15) is 5.75 Å². The Labute approximate surface area is 137 Å². The highest BCUT2D eigenvalue weighted by Gasteiger charge is 2.56. The summed E-state index contributed by atoms with van der Waals surface area (Å²) < 4.78 is 66.6. The molecule has 3 N–H and O–H groups in total. The van der Waals surface area contributed by atoms with Crippen LogP contribution in [0.5, 0.6) is 5.75 Å². The van der Waals surface area contributed by atoms with E-state index in [2.05, 4.69) is 0 Å². The minimum atomic E-state index is -5.53. The molecule has 0 fully saturated rings. The number of aliphatic hydroxyl groups excluding tert-OH is 1. The standard InChI is InChI=1S/C16H22F5NO2/c1-14(22,11-23)9-7-12-3-5-13(6-4-12)24-10-2-8-15(17,18)16(19,20)21/h3-6,23H,2,7-11,22H2,1H3/t14-/m1/s1. The van der Waals surface area contributed by atoms with Gasteiger partial charge < -0.3 is 15.6 Å². The summed E-state index contributed by atoms with van der Waals surface area (Å²) in [6.45, 7) is 1.38. The zero-order chi connectivity index (χ0) is 18.4. The minimum Gasteiger partial charge on any atom is -0.494 e. The van der Waals surface area contributed by atoms with Crippen molar-refractivity contribution < 1.29 is 31.8 Å². The monoisotopic (exact) mass is 355 g/mol. The third-order valence-corrected chi connectivity index (χ3v) is 3.59. The number of aryl methyl sites for hydroxylation is 1. The Morgan fingerprint density at radius 3 is 2.12 bits per heavy atom. The van der Waals surface area contributed by atoms with Crippen LogP contribution in [0.1, 0.15) is 31.7 Å². The number of hydrogen-bond acceptors (Lipinski definition) is 3. The van der Waals surface area contributed by atoms with Crippen LogP contribution in [0.3, 0.4) is 0 Å². The van der Waals surface area contributed by atoms with Crippen molar-refractivity contribution in [2.24, 2.45) is 5.73 Å². The van der Waals surface area contributed by atoms with Gasteiger partial charge in [-0.05, 0) is 43.9 Å². The molecule has 0 saturated carbocycles. The highest BCUT2D eigenvalue weighted by atomic mass is 19.4. The van der Waals surface area contributed by atoms with Crippen molar-refractivity contribution in [2.75, 3.05) is 13.2 Å². The largest absolute Gasteiger partial charge is 0.494 e. The van der Waals surface area contributed by atoms with Crippen LogP contribution in [0.15, 0.2) is 24.3 Å². The Morgan fingerprint density at radius 1 is 1.04 bits per heavy atom. The topological polar surface area (TPSA) is 55.5 Å². The van der Waals surface area contributed by atoms with Gasteiger partial charge in [0.25, 0.3) is 0 Å². The molecule has 0 aromatic heterocycles. The van der Waals surface area contributed by atoms with Crippen LogP contribution in [0.25, 0.3) is 0 Å². The molecule has 138 valence electrons. The van der Waals surface area contributed by atoms with Crippen molar-refractivity contribution in [3.8, 4) is 5.75 Å². The number of aliphatic hydroxyl groups is 1. The second kappa shape index (κ2) is 8.11. The first-order chi connectivity index (χ1) is 11.0. The molecule has 0 saturated heterocycles. The molecular formula is C16H22F5NO2. The van der Waals surface area contributed by atoms with Gasteiger partial charge in [-0.25, -0.2) is 0 Å². The molecular weight excluding hydrogens is 333 g/mol. The van der Waals surface area contributed by atoms with Crippen molar-refractivity contribution in [1.82, 2.24) is 0 Å². The maximum absolute atomic E-state index is 12.7. The van der Waals surface area contributed by atoms with Gasteiger partial charge in [0.2, 0.25) is 0 Å². The molecule has 0 bridgehead atoms. The van der Waals surface area contributed by atoms with Gasteiger partial charge in [-0.15, -0.1) is 0 Å². The molecule has 0 radical (unpaired) electrons. The first kappa shape index (κ1) is 20.6. The van der Waals surface area contributed by atoms with Gasteiger partial charge in [0, 0.05) is 12.0 Å². The molecule has 3 nitrogen and oxygen atoms in total. The van der Waals surface area contributed by atoms with E-state index >= 15 is 0 Å². The van der Waals surface area contributed by atoms with Crippen LogP contribution in [-0.4, -0.2) is 36.0 Å². The fourth-order valence-corrected chi connectivity index (χ4v) is 1.89. The molecule has 1 aromatic carbocycles. The average Bonchev–Trinajstić information content (AvgIpc) is 2.50. The fourth-order valence-electron chi connectivity index (χ4n) is 1.89. The molecule has 1 rings (SSSR count). The predicted molar refractivity (Wildman–Crippen MR) is 80.2 cm³/mol. The summed E-state index contributed by atoms with van der Waals surface area (Å²) in [6, 6.07) is 6.74. The Hall–Kier alpha value is -1.41. The van der Waals surface area contributed by atoms with Crippen molar-refractivity contribution >= 4 is 0 Å². The molecule has 0 unspecified atom stereocenters. The van der Waals surface area contributed by atoms with E-state index in [4.69, 9.17) is 15.6 Å². The van der Waals surface area contributed by atoms with Gasteiger partial charge in [-0.1, -0.05) is 12.1 Å². The van der Waals surface area contributed by atoms with E-state index in [0.717, 1.165) is 5.56 Å². The highest BCUT2D eigenvalue weighted by molar-refractivity contribution is 5.27. The minimum absolute atomic E-state index is 0.128. The smallest absolute Gasteiger partial charge is 0.453 e. The first-order valence-corrected chi connectivity index (χ1v) is 7.53. The third kappa shape index (κ3) is 6.60. The van der Waals surface area contributed by atoms with Crippen molar-refractivity contribution in [3.63, 3.8) is 0 Å². The lowest BCUT2D eigenvalue weighted by molar-refractivity contribution is -0.284. The van der Waals surface area contributed by atoms with E-state index in [0.29, 0.717) is 18.6 Å². The van der Waals surface area contributed by atoms with Gasteiger partial charge in [-0.3, -0.25) is 0 Å². The van der Waals surface area contributed by atoms with E-state index in [-0.39, 0.29) is 13.2 Å². The van der Waals surface area contributed by atoms with Gasteiger partial charge >= 0.3 is 12.1 Å². The number of halogens is 5. The maximum Gasteiger partial charge on any atom is 0.453 e. The van der Waals surface area contributed by atoms with Gasteiger partial charge in [0.05, 0.1) is 13.2 Å². The zero-order valence-electron chi connectivity index (χ0n) is 13.4. The Morgan fingerprint density at radius 2 is 1.62 bits per heavy atom. The SMILES string of the molecule is C[C@](N)(CO)CCc1ccc(OCCCC(F)(F)C(F)(F)F)cc1. The van der Waals surface area contributed by atoms with Crippen LogP contribution in [0.4, 0.5) is 22.0 Å². The van der Waals surface area contributed by atoms with Crippen LogP contribution in [0.2, 0.25) is 0 Å². The van der Waals surface area contributed by atoms with E-state index in [1.165, 1.54) is 0 Å². The molecule has 1 aromatic rings. The summed E-state index contributed by atoms with van der Waals surface area (Å²) in [5.74, 6) is -4.30. The summed E-state index contributed by atoms with van der Waals surface area (Å²) in [7, 11) is 0. The summed E-state index contributed by atoms with van der Waals surface area (Å²) in [6.07, 6.45) is -6.01. The van der Waals surface area contributed by atoms with Crippen molar-refractivity contribution in [3.05, 3.63) is 29.8 Å². The number of ether oxygens (including phenoxy) is 1. The average molecular weight is 355 g/mol. The van der Waals surface area contributed by atoms with E-state index < -0.39 is 30.5 Å². The normalized spacial score (nSPS) is 15.2. The highest BCUT2D eigenvalue weighted by Crippen LogP contribution is 2.38. The van der Waals surface area contributed by atoms with E-state index in [9.17, 15) is 22.0 Å². The second-order valence-electron chi connectivity index (χ2n) is 6.11. The Balaban J connectivity index is 2.38. The summed E-state index contributed by atoms with van der Waals surface area (Å²) in [5, 5.41) is 9.08. The first-order valence-electron chi connectivity index (χ1n) is 7.53.